The standard InChI is InChI=1S/C27H46FN5O5SSi2/c1-17(2)40(18(3)4)36-16-24-23(37-41(38-40,19(5)6)20(7)8)12-25(39-24)32-13-21(9)26(34)33(27(32)35)15-22-14-31(11-10-28)30-29-22/h13-14,17-20,23-25H,10-12,15-16H2,1-9H3/t23-,24+,25+/m0/s1. The Hall–Kier alpha value is -1.59. The summed E-state index contributed by atoms with van der Waals surface area (Å²) in [4.78, 5) is 26.8. The molecule has 4 heterocycles. The van der Waals surface area contributed by atoms with E-state index in [0.717, 1.165) is 0 Å². The number of alkyl halides is 1. The van der Waals surface area contributed by atoms with Crippen molar-refractivity contribution in [3.05, 3.63) is 44.5 Å². The van der Waals surface area contributed by atoms with E-state index < -0.39 is 29.5 Å². The van der Waals surface area contributed by atoms with Crippen LogP contribution in [0.15, 0.2) is 22.0 Å². The first-order valence-corrected chi connectivity index (χ1v) is 19.6. The summed E-state index contributed by atoms with van der Waals surface area (Å²) in [6, 6.07) is 0. The van der Waals surface area contributed by atoms with Crippen LogP contribution in [-0.4, -0.2) is 65.9 Å². The van der Waals surface area contributed by atoms with Gasteiger partial charge in [-0.05, 0) is 29.1 Å². The fraction of sp³-hybridized carbons (Fsp3) is 0.778. The molecule has 14 heteroatoms. The molecule has 2 fully saturated rings. The molecule has 0 radical (unpaired) electrons. The van der Waals surface area contributed by atoms with Gasteiger partial charge in [-0.2, -0.15) is 0 Å². The maximum atomic E-state index is 13.7. The Kier molecular flexibility index (Phi) is 9.91. The summed E-state index contributed by atoms with van der Waals surface area (Å²) >= 11 is 1.69. The normalized spacial score (nSPS) is 24.3. The molecular weight excluding hydrogens is 582 g/mol. The fourth-order valence-corrected chi connectivity index (χ4v) is 19.1. The van der Waals surface area contributed by atoms with Gasteiger partial charge < -0.3 is 13.0 Å². The Morgan fingerprint density at radius 3 is 2.24 bits per heavy atom. The molecule has 4 rings (SSSR count). The van der Waals surface area contributed by atoms with Crippen LogP contribution in [-0.2, 0) is 26.1 Å². The van der Waals surface area contributed by atoms with E-state index in [1.165, 1.54) is 9.25 Å². The van der Waals surface area contributed by atoms with Gasteiger partial charge >= 0.3 is 22.8 Å². The van der Waals surface area contributed by atoms with Crippen molar-refractivity contribution in [2.24, 2.45) is 0 Å². The zero-order valence-electron chi connectivity index (χ0n) is 25.8. The summed E-state index contributed by atoms with van der Waals surface area (Å²) in [5.74, 6) is 0. The minimum atomic E-state index is -2.76. The summed E-state index contributed by atoms with van der Waals surface area (Å²) < 4.78 is 38.4. The van der Waals surface area contributed by atoms with E-state index >= 15 is 0 Å². The van der Waals surface area contributed by atoms with Crippen LogP contribution in [0.25, 0.3) is 0 Å². The molecule has 2 aromatic heterocycles. The number of hydrogen-bond donors (Lipinski definition) is 0. The maximum absolute atomic E-state index is 13.7. The van der Waals surface area contributed by atoms with Gasteiger partial charge in [0.15, 0.2) is 0 Å². The molecule has 0 unspecified atom stereocenters. The Bertz CT molecular complexity index is 1310. The molecule has 2 aliphatic heterocycles. The van der Waals surface area contributed by atoms with E-state index in [-0.39, 0.29) is 57.5 Å². The van der Waals surface area contributed by atoms with Crippen LogP contribution in [0.4, 0.5) is 4.39 Å². The van der Waals surface area contributed by atoms with Crippen molar-refractivity contribution in [2.75, 3.05) is 13.3 Å². The van der Waals surface area contributed by atoms with E-state index in [0.29, 0.717) is 24.3 Å². The minimum absolute atomic E-state index is 0.0308. The lowest BCUT2D eigenvalue weighted by atomic mass is 10.2. The number of rotatable bonds is 9. The summed E-state index contributed by atoms with van der Waals surface area (Å²) in [6.45, 7) is 19.3. The van der Waals surface area contributed by atoms with Crippen molar-refractivity contribution in [1.29, 1.82) is 0 Å². The van der Waals surface area contributed by atoms with Crippen LogP contribution < -0.4 is 11.2 Å². The van der Waals surface area contributed by atoms with Crippen molar-refractivity contribution >= 4 is 28.9 Å². The molecule has 2 aliphatic rings. The first kappa shape index (κ1) is 32.3. The molecule has 0 N–H and O–H groups in total. The lowest BCUT2D eigenvalue weighted by molar-refractivity contribution is 0.0706. The van der Waals surface area contributed by atoms with E-state index in [1.54, 1.807) is 35.6 Å². The predicted octanol–water partition coefficient (Wildman–Crippen LogP) is 4.89. The molecule has 3 atom stereocenters. The third-order valence-corrected chi connectivity index (χ3v) is 20.2. The van der Waals surface area contributed by atoms with E-state index in [2.05, 4.69) is 65.7 Å². The van der Waals surface area contributed by atoms with Gasteiger partial charge in [0.1, 0.15) is 12.4 Å². The summed E-state index contributed by atoms with van der Waals surface area (Å²) in [5, 5.41) is 7.73. The Labute approximate surface area is 248 Å². The van der Waals surface area contributed by atoms with Gasteiger partial charge in [-0.1, -0.05) is 60.6 Å². The van der Waals surface area contributed by atoms with Crippen molar-refractivity contribution in [1.82, 2.24) is 24.1 Å². The number of halogens is 1. The molecule has 0 aliphatic carbocycles. The van der Waals surface area contributed by atoms with Crippen molar-refractivity contribution < 1.29 is 17.4 Å². The highest BCUT2D eigenvalue weighted by molar-refractivity contribution is 8.00. The number of aryl methyl sites for hydroxylation is 2. The highest BCUT2D eigenvalue weighted by atomic mass is 32.2. The first-order chi connectivity index (χ1) is 19.3. The number of thioether (sulfide) groups is 1. The Morgan fingerprint density at radius 2 is 1.66 bits per heavy atom. The van der Waals surface area contributed by atoms with Crippen LogP contribution >= 0.6 is 11.8 Å². The van der Waals surface area contributed by atoms with Crippen LogP contribution in [0, 0.1) is 6.92 Å². The molecule has 0 amide bonds. The topological polar surface area (TPSA) is 102 Å². The fourth-order valence-electron chi connectivity index (χ4n) is 6.18. The average molecular weight is 628 g/mol. The van der Waals surface area contributed by atoms with Crippen LogP contribution in [0.2, 0.25) is 22.2 Å². The third-order valence-electron chi connectivity index (χ3n) is 8.42. The van der Waals surface area contributed by atoms with Gasteiger partial charge in [0.25, 0.3) is 5.56 Å². The number of fused-ring (bicyclic) bond motifs is 1. The smallest absolute Gasteiger partial charge is 0.334 e. The SMILES string of the molecule is Cc1cn([C@H]2C[C@@H]3O[Si](C(C)C)(C(C)C)O[Si](C(C)C)(C(C)C)OC[C@H]3S2)c(=O)n(Cc2cn(CCF)nn2)c1=O. The second kappa shape index (κ2) is 12.6. The highest BCUT2D eigenvalue weighted by Gasteiger charge is 2.60. The van der Waals surface area contributed by atoms with Gasteiger partial charge in [-0.3, -0.25) is 13.9 Å². The van der Waals surface area contributed by atoms with E-state index in [9.17, 15) is 14.0 Å². The van der Waals surface area contributed by atoms with Crippen molar-refractivity contribution in [3.8, 4) is 0 Å². The molecule has 2 aromatic rings. The quantitative estimate of drug-likeness (QED) is 0.363. The molecule has 0 aromatic carbocycles. The minimum Gasteiger partial charge on any atom is -0.414 e. The van der Waals surface area contributed by atoms with Gasteiger partial charge in [0.05, 0.1) is 42.6 Å². The van der Waals surface area contributed by atoms with Gasteiger partial charge in [0.2, 0.25) is 0 Å². The number of aromatic nitrogens is 5. The molecule has 10 nitrogen and oxygen atoms in total. The molecule has 230 valence electrons. The van der Waals surface area contributed by atoms with E-state index in [4.69, 9.17) is 13.0 Å². The third kappa shape index (κ3) is 6.10. The molecule has 41 heavy (non-hydrogen) atoms. The van der Waals surface area contributed by atoms with Crippen LogP contribution in [0.3, 0.4) is 0 Å². The number of nitrogens with zero attached hydrogens (tertiary/aromatic N) is 5. The van der Waals surface area contributed by atoms with Crippen molar-refractivity contribution in [3.63, 3.8) is 0 Å². The van der Waals surface area contributed by atoms with Gasteiger partial charge in [-0.15, -0.1) is 16.9 Å². The largest absolute Gasteiger partial charge is 0.414 e. The molecule has 0 saturated carbocycles. The highest BCUT2D eigenvalue weighted by Crippen LogP contribution is 2.51. The summed E-state index contributed by atoms with van der Waals surface area (Å²) in [7, 11) is -5.42. The summed E-state index contributed by atoms with van der Waals surface area (Å²) in [5.41, 5.74) is 1.06. The Morgan fingerprint density at radius 1 is 1.02 bits per heavy atom. The zero-order chi connectivity index (χ0) is 30.3. The Balaban J connectivity index is 1.70. The van der Waals surface area contributed by atoms with Crippen LogP contribution in [0.1, 0.15) is 78.4 Å². The van der Waals surface area contributed by atoms with E-state index in [1.807, 2.05) is 0 Å². The first-order valence-electron chi connectivity index (χ1n) is 14.7. The maximum Gasteiger partial charge on any atom is 0.334 e. The van der Waals surface area contributed by atoms with Crippen molar-refractivity contribution in [2.45, 2.75) is 121 Å². The molecular formula is C27H46FN5O5SSi2. The average Bonchev–Trinajstić information content (AvgIpc) is 3.50. The second-order valence-electron chi connectivity index (χ2n) is 12.6. The summed E-state index contributed by atoms with van der Waals surface area (Å²) in [6.07, 6.45) is 3.70. The van der Waals surface area contributed by atoms with Gasteiger partial charge in [-0.25, -0.2) is 13.9 Å². The van der Waals surface area contributed by atoms with Gasteiger partial charge in [0, 0.05) is 18.2 Å². The molecule has 0 spiro atoms. The molecule has 2 saturated heterocycles. The molecule has 0 bridgehead atoms. The lowest BCUT2D eigenvalue weighted by Crippen LogP contribution is -2.64. The monoisotopic (exact) mass is 627 g/mol. The second-order valence-corrected chi connectivity index (χ2v) is 22.8. The lowest BCUT2D eigenvalue weighted by Gasteiger charge is -2.51. The van der Waals surface area contributed by atoms with Crippen LogP contribution in [0.5, 0.6) is 0 Å². The number of hydrogen-bond acceptors (Lipinski definition) is 8. The zero-order valence-corrected chi connectivity index (χ0v) is 28.6. The predicted molar refractivity (Wildman–Crippen MR) is 164 cm³/mol.